The van der Waals surface area contributed by atoms with Crippen LogP contribution in [0.4, 0.5) is 16.4 Å². The second-order valence-corrected chi connectivity index (χ2v) is 5.26. The van der Waals surface area contributed by atoms with E-state index in [1.807, 2.05) is 11.3 Å². The van der Waals surface area contributed by atoms with Crippen molar-refractivity contribution in [2.75, 3.05) is 23.7 Å². The lowest BCUT2D eigenvalue weighted by atomic mass is 10.1. The average Bonchev–Trinajstić information content (AvgIpc) is 2.74. The Hall–Kier alpha value is -2.51. The van der Waals surface area contributed by atoms with E-state index in [1.54, 1.807) is 12.4 Å². The average molecular weight is 290 g/mol. The monoisotopic (exact) mass is 290 g/mol. The lowest BCUT2D eigenvalue weighted by Crippen LogP contribution is -2.47. The Kier molecular flexibility index (Phi) is 3.28. The molecule has 2 aromatic heterocycles. The zero-order chi connectivity index (χ0) is 15.0. The smallest absolute Gasteiger partial charge is 0.404 e. The van der Waals surface area contributed by atoms with Gasteiger partial charge in [-0.05, 0) is 19.8 Å². The van der Waals surface area contributed by atoms with Crippen molar-refractivity contribution in [1.29, 1.82) is 0 Å². The molecule has 1 aliphatic heterocycles. The number of hydrogen-bond donors (Lipinski definition) is 3. The number of hydrogen-bond acceptors (Lipinski definition) is 5. The minimum absolute atomic E-state index is 0.0910. The van der Waals surface area contributed by atoms with E-state index in [4.69, 9.17) is 10.8 Å². The Morgan fingerprint density at radius 2 is 2.38 bits per heavy atom. The van der Waals surface area contributed by atoms with Crippen LogP contribution in [-0.2, 0) is 0 Å². The number of amides is 1. The standard InChI is InChI=1S/C13H18N6O2/c1-8-10(14)19-6-4-15-11(12(19)16-8)18-5-2-3-9(7-18)17-13(20)21/h4,6,9,17H,2-3,5,7,14H2,1H3,(H,20,21)/t9-/m1/s1. The Bertz CT molecular complexity index is 683. The molecule has 21 heavy (non-hydrogen) atoms. The molecule has 0 radical (unpaired) electrons. The van der Waals surface area contributed by atoms with Gasteiger partial charge in [0.1, 0.15) is 5.82 Å². The molecule has 0 unspecified atom stereocenters. The Morgan fingerprint density at radius 3 is 3.14 bits per heavy atom. The minimum Gasteiger partial charge on any atom is -0.465 e. The molecule has 8 heteroatoms. The number of nitrogens with two attached hydrogens (primary N) is 1. The third-order valence-electron chi connectivity index (χ3n) is 3.79. The van der Waals surface area contributed by atoms with Gasteiger partial charge in [-0.15, -0.1) is 0 Å². The van der Waals surface area contributed by atoms with E-state index in [0.29, 0.717) is 18.0 Å². The Morgan fingerprint density at radius 1 is 1.57 bits per heavy atom. The molecule has 3 rings (SSSR count). The van der Waals surface area contributed by atoms with Gasteiger partial charge < -0.3 is 21.1 Å². The number of imidazole rings is 1. The van der Waals surface area contributed by atoms with Crippen LogP contribution in [0, 0.1) is 6.92 Å². The quantitative estimate of drug-likeness (QED) is 0.756. The molecule has 0 bridgehead atoms. The van der Waals surface area contributed by atoms with Crippen molar-refractivity contribution < 1.29 is 9.90 Å². The van der Waals surface area contributed by atoms with Gasteiger partial charge in [0.25, 0.3) is 0 Å². The minimum atomic E-state index is -0.992. The number of carboxylic acid groups (broad SMARTS) is 1. The molecule has 8 nitrogen and oxygen atoms in total. The van der Waals surface area contributed by atoms with E-state index in [9.17, 15) is 4.79 Å². The van der Waals surface area contributed by atoms with Crippen LogP contribution in [0.15, 0.2) is 12.4 Å². The fourth-order valence-electron chi connectivity index (χ4n) is 2.78. The molecule has 1 atom stereocenters. The van der Waals surface area contributed by atoms with Crippen LogP contribution in [0.25, 0.3) is 5.65 Å². The molecule has 3 heterocycles. The lowest BCUT2D eigenvalue weighted by Gasteiger charge is -2.33. The van der Waals surface area contributed by atoms with E-state index in [-0.39, 0.29) is 6.04 Å². The van der Waals surface area contributed by atoms with Crippen LogP contribution in [0.1, 0.15) is 18.5 Å². The van der Waals surface area contributed by atoms with Crippen molar-refractivity contribution >= 4 is 23.4 Å². The van der Waals surface area contributed by atoms with Crippen LogP contribution < -0.4 is 16.0 Å². The van der Waals surface area contributed by atoms with Crippen molar-refractivity contribution in [3.63, 3.8) is 0 Å². The van der Waals surface area contributed by atoms with Crippen molar-refractivity contribution in [2.45, 2.75) is 25.8 Å². The largest absolute Gasteiger partial charge is 0.465 e. The second kappa shape index (κ2) is 5.12. The van der Waals surface area contributed by atoms with Crippen LogP contribution >= 0.6 is 0 Å². The molecule has 1 saturated heterocycles. The molecule has 0 spiro atoms. The lowest BCUT2D eigenvalue weighted by molar-refractivity contribution is 0.188. The summed E-state index contributed by atoms with van der Waals surface area (Å²) >= 11 is 0. The number of rotatable bonds is 2. The number of carbonyl (C=O) groups is 1. The molecule has 1 amide bonds. The fourth-order valence-corrected chi connectivity index (χ4v) is 2.78. The number of nitrogens with zero attached hydrogens (tertiary/aromatic N) is 4. The van der Waals surface area contributed by atoms with Crippen molar-refractivity contribution in [3.05, 3.63) is 18.1 Å². The summed E-state index contributed by atoms with van der Waals surface area (Å²) in [4.78, 5) is 21.7. The number of nitrogens with one attached hydrogen (secondary N) is 1. The summed E-state index contributed by atoms with van der Waals surface area (Å²) < 4.78 is 1.81. The summed E-state index contributed by atoms with van der Waals surface area (Å²) in [5.41, 5.74) is 7.47. The fraction of sp³-hybridized carbons (Fsp3) is 0.462. The van der Waals surface area contributed by atoms with Crippen LogP contribution in [-0.4, -0.2) is 44.7 Å². The van der Waals surface area contributed by atoms with Gasteiger partial charge in [0.15, 0.2) is 11.5 Å². The molecule has 112 valence electrons. The number of aromatic nitrogens is 3. The SMILES string of the molecule is Cc1nc2c(N3CCC[C@@H](NC(=O)O)C3)nccn2c1N. The molecular formula is C13H18N6O2. The molecule has 1 fully saturated rings. The maximum atomic E-state index is 10.8. The third kappa shape index (κ3) is 2.44. The van der Waals surface area contributed by atoms with Crippen molar-refractivity contribution in [2.24, 2.45) is 0 Å². The Balaban J connectivity index is 1.93. The molecule has 0 saturated carbocycles. The van der Waals surface area contributed by atoms with Gasteiger partial charge in [0.2, 0.25) is 0 Å². The zero-order valence-corrected chi connectivity index (χ0v) is 11.8. The summed E-state index contributed by atoms with van der Waals surface area (Å²) in [5.74, 6) is 1.35. The highest BCUT2D eigenvalue weighted by atomic mass is 16.4. The van der Waals surface area contributed by atoms with E-state index in [0.717, 1.165) is 30.9 Å². The molecule has 0 aliphatic carbocycles. The summed E-state index contributed by atoms with van der Waals surface area (Å²) in [6.45, 7) is 3.28. The number of aryl methyl sites for hydroxylation is 1. The van der Waals surface area contributed by atoms with Crippen LogP contribution in [0.3, 0.4) is 0 Å². The van der Waals surface area contributed by atoms with Gasteiger partial charge >= 0.3 is 6.09 Å². The van der Waals surface area contributed by atoms with Gasteiger partial charge in [-0.25, -0.2) is 14.8 Å². The molecule has 1 aliphatic rings. The van der Waals surface area contributed by atoms with Gasteiger partial charge in [-0.1, -0.05) is 0 Å². The first kappa shape index (κ1) is 13.5. The van der Waals surface area contributed by atoms with Gasteiger partial charge in [-0.2, -0.15) is 0 Å². The molecule has 0 aromatic carbocycles. The highest BCUT2D eigenvalue weighted by Crippen LogP contribution is 2.24. The molecule has 4 N–H and O–H groups in total. The normalized spacial score (nSPS) is 18.9. The topological polar surface area (TPSA) is 109 Å². The molecular weight excluding hydrogens is 272 g/mol. The third-order valence-corrected chi connectivity index (χ3v) is 3.79. The number of nitrogen functional groups attached to an aromatic ring is 1. The highest BCUT2D eigenvalue weighted by molar-refractivity contribution is 5.69. The second-order valence-electron chi connectivity index (χ2n) is 5.26. The van der Waals surface area contributed by atoms with Gasteiger partial charge in [-0.3, -0.25) is 4.40 Å². The highest BCUT2D eigenvalue weighted by Gasteiger charge is 2.24. The predicted molar refractivity (Wildman–Crippen MR) is 78.5 cm³/mol. The maximum absolute atomic E-state index is 10.8. The van der Waals surface area contributed by atoms with Crippen LogP contribution in [0.5, 0.6) is 0 Å². The van der Waals surface area contributed by atoms with Gasteiger partial charge in [0, 0.05) is 31.5 Å². The van der Waals surface area contributed by atoms with Crippen molar-refractivity contribution in [3.8, 4) is 0 Å². The Labute approximate surface area is 121 Å². The van der Waals surface area contributed by atoms with Crippen molar-refractivity contribution in [1.82, 2.24) is 19.7 Å². The maximum Gasteiger partial charge on any atom is 0.404 e. The summed E-state index contributed by atoms with van der Waals surface area (Å²) in [6.07, 6.45) is 4.22. The molecule has 2 aromatic rings. The summed E-state index contributed by atoms with van der Waals surface area (Å²) in [5, 5.41) is 11.4. The first-order valence-corrected chi connectivity index (χ1v) is 6.90. The van der Waals surface area contributed by atoms with E-state index >= 15 is 0 Å². The number of piperidine rings is 1. The van der Waals surface area contributed by atoms with E-state index in [2.05, 4.69) is 20.2 Å². The van der Waals surface area contributed by atoms with E-state index in [1.165, 1.54) is 0 Å². The summed E-state index contributed by atoms with van der Waals surface area (Å²) in [6, 6.07) is -0.0910. The van der Waals surface area contributed by atoms with Gasteiger partial charge in [0.05, 0.1) is 5.69 Å². The van der Waals surface area contributed by atoms with Crippen LogP contribution in [0.2, 0.25) is 0 Å². The first-order valence-electron chi connectivity index (χ1n) is 6.90. The first-order chi connectivity index (χ1) is 10.1. The predicted octanol–water partition coefficient (Wildman–Crippen LogP) is 0.856. The summed E-state index contributed by atoms with van der Waals surface area (Å²) in [7, 11) is 0. The number of anilines is 2. The number of fused-ring (bicyclic) bond motifs is 1. The zero-order valence-electron chi connectivity index (χ0n) is 11.8. The van der Waals surface area contributed by atoms with E-state index < -0.39 is 6.09 Å².